The average Bonchev–Trinajstić information content (AvgIpc) is 2.05. The Morgan fingerprint density at radius 1 is 1.38 bits per heavy atom. The number of anilines is 1. The maximum atomic E-state index is 5.79. The number of rotatable bonds is 1. The Morgan fingerprint density at radius 2 is 2.00 bits per heavy atom. The third-order valence-corrected chi connectivity index (χ3v) is 2.75. The van der Waals surface area contributed by atoms with Crippen LogP contribution in [0, 0.1) is 6.92 Å². The summed E-state index contributed by atoms with van der Waals surface area (Å²) >= 11 is 3.49. The van der Waals surface area contributed by atoms with Crippen molar-refractivity contribution < 1.29 is 0 Å². The van der Waals surface area contributed by atoms with E-state index in [0.717, 1.165) is 10.2 Å². The standard InChI is InChI=1S/C11H14BrN/c1-7(2)6-9-8(3)4-5-10(13)11(9)12/h4-6H,13H2,1-3H3. The third-order valence-electron chi connectivity index (χ3n) is 1.86. The van der Waals surface area contributed by atoms with Gasteiger partial charge < -0.3 is 5.73 Å². The van der Waals surface area contributed by atoms with E-state index in [4.69, 9.17) is 5.73 Å². The van der Waals surface area contributed by atoms with Gasteiger partial charge in [0.1, 0.15) is 0 Å². The molecule has 0 aliphatic carbocycles. The highest BCUT2D eigenvalue weighted by atomic mass is 79.9. The van der Waals surface area contributed by atoms with Crippen LogP contribution < -0.4 is 5.73 Å². The van der Waals surface area contributed by atoms with Crippen LogP contribution in [0.5, 0.6) is 0 Å². The molecule has 1 aromatic carbocycles. The van der Waals surface area contributed by atoms with Crippen LogP contribution in [0.2, 0.25) is 0 Å². The van der Waals surface area contributed by atoms with Crippen molar-refractivity contribution >= 4 is 27.7 Å². The lowest BCUT2D eigenvalue weighted by atomic mass is 10.1. The second-order valence-corrected chi connectivity index (χ2v) is 4.21. The van der Waals surface area contributed by atoms with Crippen molar-refractivity contribution in [3.8, 4) is 0 Å². The summed E-state index contributed by atoms with van der Waals surface area (Å²) in [6, 6.07) is 3.95. The van der Waals surface area contributed by atoms with Gasteiger partial charge >= 0.3 is 0 Å². The molecule has 2 heteroatoms. The molecular weight excluding hydrogens is 226 g/mol. The zero-order valence-corrected chi connectivity index (χ0v) is 9.77. The fraction of sp³-hybridized carbons (Fsp3) is 0.273. The van der Waals surface area contributed by atoms with E-state index in [0.29, 0.717) is 0 Å². The van der Waals surface area contributed by atoms with Gasteiger partial charge in [-0.1, -0.05) is 17.7 Å². The Bertz CT molecular complexity index is 349. The van der Waals surface area contributed by atoms with E-state index < -0.39 is 0 Å². The maximum Gasteiger partial charge on any atom is 0.0479 e. The van der Waals surface area contributed by atoms with E-state index in [-0.39, 0.29) is 0 Å². The Kier molecular flexibility index (Phi) is 3.15. The van der Waals surface area contributed by atoms with Crippen molar-refractivity contribution in [1.82, 2.24) is 0 Å². The number of hydrogen-bond donors (Lipinski definition) is 1. The topological polar surface area (TPSA) is 26.0 Å². The summed E-state index contributed by atoms with van der Waals surface area (Å²) in [7, 11) is 0. The molecule has 13 heavy (non-hydrogen) atoms. The first-order valence-corrected chi connectivity index (χ1v) is 5.01. The van der Waals surface area contributed by atoms with Crippen molar-refractivity contribution in [2.45, 2.75) is 20.8 Å². The number of nitrogens with two attached hydrogens (primary N) is 1. The fourth-order valence-corrected chi connectivity index (χ4v) is 1.73. The first-order chi connectivity index (χ1) is 6.02. The number of hydrogen-bond acceptors (Lipinski definition) is 1. The number of benzene rings is 1. The van der Waals surface area contributed by atoms with Crippen LogP contribution in [0.4, 0.5) is 5.69 Å². The van der Waals surface area contributed by atoms with Gasteiger partial charge in [-0.3, -0.25) is 0 Å². The zero-order chi connectivity index (χ0) is 10.0. The summed E-state index contributed by atoms with van der Waals surface area (Å²) in [4.78, 5) is 0. The van der Waals surface area contributed by atoms with Crippen LogP contribution in [-0.2, 0) is 0 Å². The quantitative estimate of drug-likeness (QED) is 0.743. The van der Waals surface area contributed by atoms with Crippen molar-refractivity contribution in [2.75, 3.05) is 5.73 Å². The Morgan fingerprint density at radius 3 is 2.54 bits per heavy atom. The van der Waals surface area contributed by atoms with Gasteiger partial charge in [-0.15, -0.1) is 0 Å². The molecule has 2 N–H and O–H groups in total. The van der Waals surface area contributed by atoms with E-state index >= 15 is 0 Å². The first kappa shape index (κ1) is 10.3. The van der Waals surface area contributed by atoms with Crippen LogP contribution in [0.3, 0.4) is 0 Å². The number of aryl methyl sites for hydroxylation is 1. The molecule has 1 aromatic rings. The van der Waals surface area contributed by atoms with Gasteiger partial charge in [0.15, 0.2) is 0 Å². The van der Waals surface area contributed by atoms with Gasteiger partial charge in [-0.2, -0.15) is 0 Å². The average molecular weight is 240 g/mol. The Hall–Kier alpha value is -0.760. The van der Waals surface area contributed by atoms with E-state index in [9.17, 15) is 0 Å². The van der Waals surface area contributed by atoms with Crippen LogP contribution in [-0.4, -0.2) is 0 Å². The van der Waals surface area contributed by atoms with Crippen LogP contribution in [0.1, 0.15) is 25.0 Å². The molecule has 0 heterocycles. The van der Waals surface area contributed by atoms with E-state index in [1.165, 1.54) is 16.7 Å². The molecule has 0 aromatic heterocycles. The van der Waals surface area contributed by atoms with Gasteiger partial charge in [-0.05, 0) is 53.9 Å². The lowest BCUT2D eigenvalue weighted by molar-refractivity contribution is 1.38. The van der Waals surface area contributed by atoms with Crippen LogP contribution in [0.25, 0.3) is 6.08 Å². The van der Waals surface area contributed by atoms with Gasteiger partial charge in [-0.25, -0.2) is 0 Å². The predicted molar refractivity (Wildman–Crippen MR) is 62.6 cm³/mol. The van der Waals surface area contributed by atoms with Gasteiger partial charge in [0, 0.05) is 10.2 Å². The molecule has 0 aliphatic rings. The molecule has 0 unspecified atom stereocenters. The normalized spacial score (nSPS) is 9.85. The second kappa shape index (κ2) is 3.97. The van der Waals surface area contributed by atoms with E-state index in [1.807, 2.05) is 12.1 Å². The molecular formula is C11H14BrN. The van der Waals surface area contributed by atoms with Crippen LogP contribution in [0.15, 0.2) is 22.2 Å². The molecule has 0 fully saturated rings. The minimum absolute atomic E-state index is 0.790. The maximum absolute atomic E-state index is 5.79. The van der Waals surface area contributed by atoms with Crippen LogP contribution >= 0.6 is 15.9 Å². The molecule has 1 nitrogen and oxygen atoms in total. The predicted octanol–water partition coefficient (Wildman–Crippen LogP) is 3.76. The molecule has 0 bridgehead atoms. The van der Waals surface area contributed by atoms with Crippen molar-refractivity contribution in [2.24, 2.45) is 0 Å². The van der Waals surface area contributed by atoms with Gasteiger partial charge in [0.25, 0.3) is 0 Å². The minimum Gasteiger partial charge on any atom is -0.398 e. The molecule has 0 atom stereocenters. The molecule has 0 saturated heterocycles. The second-order valence-electron chi connectivity index (χ2n) is 3.42. The monoisotopic (exact) mass is 239 g/mol. The molecule has 0 aliphatic heterocycles. The number of allylic oxidation sites excluding steroid dienone is 1. The summed E-state index contributed by atoms with van der Waals surface area (Å²) < 4.78 is 0.994. The minimum atomic E-state index is 0.790. The summed E-state index contributed by atoms with van der Waals surface area (Å²) in [6.45, 7) is 6.24. The lowest BCUT2D eigenvalue weighted by Gasteiger charge is -2.07. The molecule has 0 radical (unpaired) electrons. The van der Waals surface area contributed by atoms with E-state index in [2.05, 4.69) is 42.8 Å². The highest BCUT2D eigenvalue weighted by molar-refractivity contribution is 9.10. The van der Waals surface area contributed by atoms with Gasteiger partial charge in [0.05, 0.1) is 0 Å². The van der Waals surface area contributed by atoms with Gasteiger partial charge in [0.2, 0.25) is 0 Å². The number of halogens is 1. The molecule has 70 valence electrons. The molecule has 1 rings (SSSR count). The Balaban J connectivity index is 3.34. The number of nitrogen functional groups attached to an aromatic ring is 1. The summed E-state index contributed by atoms with van der Waals surface area (Å²) in [5.74, 6) is 0. The molecule has 0 amide bonds. The lowest BCUT2D eigenvalue weighted by Crippen LogP contribution is -1.91. The van der Waals surface area contributed by atoms with Crippen molar-refractivity contribution in [3.05, 3.63) is 33.3 Å². The molecule has 0 spiro atoms. The zero-order valence-electron chi connectivity index (χ0n) is 8.19. The first-order valence-electron chi connectivity index (χ1n) is 4.22. The smallest absolute Gasteiger partial charge is 0.0479 e. The Labute approximate surface area is 87.8 Å². The molecule has 0 saturated carbocycles. The SMILES string of the molecule is CC(C)=Cc1c(C)ccc(N)c1Br. The summed E-state index contributed by atoms with van der Waals surface area (Å²) in [6.07, 6.45) is 2.13. The van der Waals surface area contributed by atoms with E-state index in [1.54, 1.807) is 0 Å². The van der Waals surface area contributed by atoms with Crippen molar-refractivity contribution in [1.29, 1.82) is 0 Å². The highest BCUT2D eigenvalue weighted by Gasteiger charge is 2.03. The highest BCUT2D eigenvalue weighted by Crippen LogP contribution is 2.28. The largest absolute Gasteiger partial charge is 0.398 e. The summed E-state index contributed by atoms with van der Waals surface area (Å²) in [5, 5.41) is 0. The summed E-state index contributed by atoms with van der Waals surface area (Å²) in [5.41, 5.74) is 10.3. The fourth-order valence-electron chi connectivity index (χ4n) is 1.17. The third kappa shape index (κ3) is 2.34. The van der Waals surface area contributed by atoms with Crippen molar-refractivity contribution in [3.63, 3.8) is 0 Å².